The molecular formula is C24H21NO4. The largest absolute Gasteiger partial charge is 0.353 e. The maximum atomic E-state index is 13.9. The third kappa shape index (κ3) is 2.12. The number of carbonyl (C=O) groups is 2. The van der Waals surface area contributed by atoms with E-state index in [9.17, 15) is 9.59 Å². The first kappa shape index (κ1) is 17.1. The highest BCUT2D eigenvalue weighted by Crippen LogP contribution is 2.58. The number of anilines is 1. The highest BCUT2D eigenvalue weighted by Gasteiger charge is 2.70. The first-order chi connectivity index (χ1) is 14.1. The number of ether oxygens (including phenoxy) is 2. The molecule has 2 bridgehead atoms. The minimum atomic E-state index is -0.809. The Kier molecular flexibility index (Phi) is 3.47. The molecule has 0 amide bonds. The van der Waals surface area contributed by atoms with Gasteiger partial charge in [-0.3, -0.25) is 9.59 Å². The van der Waals surface area contributed by atoms with Crippen molar-refractivity contribution in [2.24, 2.45) is 11.3 Å². The van der Waals surface area contributed by atoms with Crippen LogP contribution in [-0.2, 0) is 14.3 Å². The second-order valence-electron chi connectivity index (χ2n) is 8.48. The zero-order valence-electron chi connectivity index (χ0n) is 16.0. The van der Waals surface area contributed by atoms with Gasteiger partial charge in [0.2, 0.25) is 6.29 Å². The standard InChI is InChI=1S/C24H21NO4/c1-24-18-13-28-23(29-18)21(27)19(24)17-12-11-14-7-5-6-10-16(14)25(17)22(24)20(26)15-8-3-2-4-9-15/h2-12,17-19,22-23H,13H2,1H3/t17-,18+,19+,22-,23+,24+/m1/s1. The van der Waals surface area contributed by atoms with Crippen LogP contribution in [0.1, 0.15) is 22.8 Å². The summed E-state index contributed by atoms with van der Waals surface area (Å²) < 4.78 is 11.6. The smallest absolute Gasteiger partial charge is 0.218 e. The summed E-state index contributed by atoms with van der Waals surface area (Å²) in [6.45, 7) is 2.37. The van der Waals surface area contributed by atoms with Crippen LogP contribution in [-0.4, -0.2) is 42.7 Å². The molecule has 2 aromatic carbocycles. The Labute approximate surface area is 168 Å². The lowest BCUT2D eigenvalue weighted by Gasteiger charge is -2.42. The Morgan fingerprint density at radius 1 is 1.10 bits per heavy atom. The van der Waals surface area contributed by atoms with Crippen molar-refractivity contribution < 1.29 is 19.1 Å². The van der Waals surface area contributed by atoms with Gasteiger partial charge in [-0.1, -0.05) is 67.6 Å². The second-order valence-corrected chi connectivity index (χ2v) is 8.48. The molecule has 29 heavy (non-hydrogen) atoms. The van der Waals surface area contributed by atoms with E-state index in [-0.39, 0.29) is 29.6 Å². The quantitative estimate of drug-likeness (QED) is 0.742. The van der Waals surface area contributed by atoms with Crippen LogP contribution in [0.25, 0.3) is 6.08 Å². The number of fused-ring (bicyclic) bond motifs is 8. The Morgan fingerprint density at radius 3 is 2.69 bits per heavy atom. The molecular weight excluding hydrogens is 366 g/mol. The van der Waals surface area contributed by atoms with Crippen molar-refractivity contribution in [3.8, 4) is 0 Å². The molecule has 6 rings (SSSR count). The van der Waals surface area contributed by atoms with Gasteiger partial charge in [0.15, 0.2) is 11.6 Å². The zero-order valence-corrected chi connectivity index (χ0v) is 16.0. The van der Waals surface area contributed by atoms with Crippen molar-refractivity contribution in [3.05, 3.63) is 71.8 Å². The predicted octanol–water partition coefficient (Wildman–Crippen LogP) is 3.10. The van der Waals surface area contributed by atoms with Gasteiger partial charge in [-0.15, -0.1) is 0 Å². The van der Waals surface area contributed by atoms with Crippen LogP contribution in [0.15, 0.2) is 60.7 Å². The van der Waals surface area contributed by atoms with E-state index in [4.69, 9.17) is 9.47 Å². The lowest BCUT2D eigenvalue weighted by atomic mass is 9.65. The Morgan fingerprint density at radius 2 is 1.86 bits per heavy atom. The maximum Gasteiger partial charge on any atom is 0.218 e. The van der Waals surface area contributed by atoms with Gasteiger partial charge in [-0.2, -0.15) is 0 Å². The molecule has 6 atom stereocenters. The van der Waals surface area contributed by atoms with E-state index in [0.29, 0.717) is 12.2 Å². The molecule has 3 saturated heterocycles. The lowest BCUT2D eigenvalue weighted by Crippen LogP contribution is -2.56. The number of ketones is 2. The molecule has 4 aliphatic heterocycles. The number of rotatable bonds is 2. The van der Waals surface area contributed by atoms with Gasteiger partial charge in [-0.25, -0.2) is 0 Å². The summed E-state index contributed by atoms with van der Waals surface area (Å²) in [7, 11) is 0. The molecule has 2 aromatic rings. The molecule has 146 valence electrons. The number of Topliss-reactive ketones (excluding diaryl/α,β-unsaturated/α-hetero) is 2. The maximum absolute atomic E-state index is 13.9. The summed E-state index contributed by atoms with van der Waals surface area (Å²) in [5.74, 6) is -0.382. The van der Waals surface area contributed by atoms with Crippen LogP contribution in [0, 0.1) is 11.3 Å². The summed E-state index contributed by atoms with van der Waals surface area (Å²) in [6, 6.07) is 16.7. The van der Waals surface area contributed by atoms with Crippen LogP contribution in [0.3, 0.4) is 0 Å². The predicted molar refractivity (Wildman–Crippen MR) is 108 cm³/mol. The molecule has 4 heterocycles. The second kappa shape index (κ2) is 5.88. The van der Waals surface area contributed by atoms with E-state index in [1.807, 2.05) is 61.5 Å². The number of carbonyl (C=O) groups excluding carboxylic acids is 2. The summed E-state index contributed by atoms with van der Waals surface area (Å²) in [5, 5.41) is 0. The molecule has 5 heteroatoms. The Hall–Kier alpha value is -2.76. The first-order valence-electron chi connectivity index (χ1n) is 10.1. The molecule has 0 spiro atoms. The fourth-order valence-electron chi connectivity index (χ4n) is 5.78. The highest BCUT2D eigenvalue weighted by atomic mass is 16.7. The first-order valence-corrected chi connectivity index (χ1v) is 10.1. The number of hydrogen-bond donors (Lipinski definition) is 0. The molecule has 0 aromatic heterocycles. The van der Waals surface area contributed by atoms with Crippen molar-refractivity contribution >= 4 is 23.3 Å². The molecule has 0 aliphatic carbocycles. The molecule has 0 saturated carbocycles. The molecule has 5 nitrogen and oxygen atoms in total. The van der Waals surface area contributed by atoms with Gasteiger partial charge in [-0.05, 0) is 11.6 Å². The molecule has 0 radical (unpaired) electrons. The average molecular weight is 387 g/mol. The lowest BCUT2D eigenvalue weighted by molar-refractivity contribution is -0.173. The average Bonchev–Trinajstić information content (AvgIpc) is 3.33. The van der Waals surface area contributed by atoms with E-state index in [1.165, 1.54) is 0 Å². The minimum Gasteiger partial charge on any atom is -0.353 e. The molecule has 0 N–H and O–H groups in total. The summed E-state index contributed by atoms with van der Waals surface area (Å²) in [6.07, 6.45) is 3.04. The van der Waals surface area contributed by atoms with Crippen molar-refractivity contribution in [2.45, 2.75) is 31.4 Å². The normalized spacial score (nSPS) is 36.5. The van der Waals surface area contributed by atoms with Crippen molar-refractivity contribution in [3.63, 3.8) is 0 Å². The van der Waals surface area contributed by atoms with E-state index < -0.39 is 17.7 Å². The van der Waals surface area contributed by atoms with Crippen LogP contribution in [0.4, 0.5) is 5.69 Å². The van der Waals surface area contributed by atoms with Crippen LogP contribution in [0.5, 0.6) is 0 Å². The van der Waals surface area contributed by atoms with Gasteiger partial charge in [0.05, 0.1) is 24.7 Å². The van der Waals surface area contributed by atoms with Gasteiger partial charge < -0.3 is 14.4 Å². The summed E-state index contributed by atoms with van der Waals surface area (Å²) >= 11 is 0. The summed E-state index contributed by atoms with van der Waals surface area (Å²) in [5.41, 5.74) is 2.03. The third-order valence-electron chi connectivity index (χ3n) is 7.11. The van der Waals surface area contributed by atoms with Crippen LogP contribution in [0.2, 0.25) is 0 Å². The monoisotopic (exact) mass is 387 g/mol. The van der Waals surface area contributed by atoms with Gasteiger partial charge >= 0.3 is 0 Å². The van der Waals surface area contributed by atoms with Gasteiger partial charge in [0.1, 0.15) is 6.04 Å². The van der Waals surface area contributed by atoms with Crippen molar-refractivity contribution in [2.75, 3.05) is 11.5 Å². The van der Waals surface area contributed by atoms with E-state index >= 15 is 0 Å². The van der Waals surface area contributed by atoms with E-state index in [1.54, 1.807) is 0 Å². The molecule has 3 fully saturated rings. The van der Waals surface area contributed by atoms with Crippen LogP contribution >= 0.6 is 0 Å². The van der Waals surface area contributed by atoms with Gasteiger partial charge in [0, 0.05) is 16.7 Å². The fraction of sp³-hybridized carbons (Fsp3) is 0.333. The molecule has 0 unspecified atom stereocenters. The zero-order chi connectivity index (χ0) is 19.8. The van der Waals surface area contributed by atoms with Crippen LogP contribution < -0.4 is 4.90 Å². The Bertz CT molecular complexity index is 1050. The SMILES string of the molecule is C[C@]12[C@@H]3CO[C@@H](O3)C(=O)[C@@H]1[C@H]1C=Cc3ccccc3N1[C@@H]2C(=O)c1ccccc1. The minimum absolute atomic E-state index is 0.0208. The highest BCUT2D eigenvalue weighted by molar-refractivity contribution is 6.06. The fourth-order valence-corrected chi connectivity index (χ4v) is 5.78. The number of hydrogen-bond acceptors (Lipinski definition) is 5. The number of benzene rings is 2. The van der Waals surface area contributed by atoms with Gasteiger partial charge in [0.25, 0.3) is 0 Å². The van der Waals surface area contributed by atoms with Crippen molar-refractivity contribution in [1.82, 2.24) is 0 Å². The van der Waals surface area contributed by atoms with E-state index in [2.05, 4.69) is 17.1 Å². The molecule has 4 aliphatic rings. The third-order valence-corrected chi connectivity index (χ3v) is 7.11. The number of nitrogens with zero attached hydrogens (tertiary/aromatic N) is 1. The Balaban J connectivity index is 1.58. The number of para-hydroxylation sites is 1. The van der Waals surface area contributed by atoms with Crippen molar-refractivity contribution in [1.29, 1.82) is 0 Å². The van der Waals surface area contributed by atoms with E-state index in [0.717, 1.165) is 11.3 Å². The topological polar surface area (TPSA) is 55.8 Å². The summed E-state index contributed by atoms with van der Waals surface area (Å²) in [4.78, 5) is 29.4.